The highest BCUT2D eigenvalue weighted by atomic mass is 35.5. The maximum Gasteiger partial charge on any atom is 0.407 e. The van der Waals surface area contributed by atoms with Crippen LogP contribution in [0.15, 0.2) is 42.5 Å². The molecule has 0 spiro atoms. The number of benzene rings is 2. The summed E-state index contributed by atoms with van der Waals surface area (Å²) < 4.78 is 10.6. The molecule has 1 aromatic heterocycles. The summed E-state index contributed by atoms with van der Waals surface area (Å²) in [4.78, 5) is 43.7. The zero-order valence-corrected chi connectivity index (χ0v) is 25.4. The Labute approximate surface area is 246 Å². The third-order valence-corrected chi connectivity index (χ3v) is 6.19. The largest absolute Gasteiger partial charge is 0.444 e. The van der Waals surface area contributed by atoms with E-state index in [0.717, 1.165) is 10.9 Å². The first-order valence-electron chi connectivity index (χ1n) is 13.6. The van der Waals surface area contributed by atoms with Gasteiger partial charge in [-0.25, -0.2) is 14.6 Å². The molecule has 3 amide bonds. The number of carbonyl (C=O) groups is 3. The Bertz CT molecular complexity index is 1350. The lowest BCUT2D eigenvalue weighted by Gasteiger charge is -2.24. The first kappa shape index (κ1) is 31.9. The van der Waals surface area contributed by atoms with E-state index < -0.39 is 23.4 Å². The molecule has 10 nitrogen and oxygen atoms in total. The van der Waals surface area contributed by atoms with Crippen LogP contribution in [0.3, 0.4) is 0 Å². The van der Waals surface area contributed by atoms with E-state index in [-0.39, 0.29) is 5.91 Å². The van der Waals surface area contributed by atoms with Gasteiger partial charge in [0.05, 0.1) is 16.1 Å². The van der Waals surface area contributed by atoms with Crippen LogP contribution in [-0.2, 0) is 9.47 Å². The van der Waals surface area contributed by atoms with Gasteiger partial charge in [0.1, 0.15) is 11.2 Å². The fourth-order valence-electron chi connectivity index (χ4n) is 4.01. The summed E-state index contributed by atoms with van der Waals surface area (Å²) in [6, 6.07) is 12.9. The molecule has 3 N–H and O–H groups in total. The molecule has 0 atom stereocenters. The Morgan fingerprint density at radius 1 is 0.756 bits per heavy atom. The Balaban J connectivity index is 1.58. The molecule has 222 valence electrons. The number of alkyl carbamates (subject to hydrolysis) is 2. The van der Waals surface area contributed by atoms with Gasteiger partial charge in [-0.2, -0.15) is 0 Å². The lowest BCUT2D eigenvalue weighted by molar-refractivity contribution is 0.0520. The summed E-state index contributed by atoms with van der Waals surface area (Å²) >= 11 is 6.65. The zero-order valence-electron chi connectivity index (χ0n) is 24.6. The normalized spacial score (nSPS) is 11.9. The van der Waals surface area contributed by atoms with Crippen molar-refractivity contribution in [2.45, 2.75) is 52.7 Å². The third kappa shape index (κ3) is 10.4. The number of pyridine rings is 1. The second-order valence-electron chi connectivity index (χ2n) is 11.6. The van der Waals surface area contributed by atoms with Crippen molar-refractivity contribution in [2.75, 3.05) is 39.3 Å². The van der Waals surface area contributed by atoms with Gasteiger partial charge in [-0.05, 0) is 65.8 Å². The maximum absolute atomic E-state index is 13.0. The van der Waals surface area contributed by atoms with E-state index in [9.17, 15) is 14.4 Å². The second-order valence-corrected chi connectivity index (χ2v) is 12.0. The quantitative estimate of drug-likeness (QED) is 0.282. The molecule has 0 aliphatic heterocycles. The monoisotopic (exact) mass is 585 g/mol. The molecule has 11 heteroatoms. The number of aromatic nitrogens is 1. The molecule has 2 aromatic carbocycles. The third-order valence-electron chi connectivity index (χ3n) is 5.78. The number of ether oxygens (including phenoxy) is 2. The van der Waals surface area contributed by atoms with Gasteiger partial charge < -0.3 is 25.4 Å². The summed E-state index contributed by atoms with van der Waals surface area (Å²) in [6.45, 7) is 13.2. The van der Waals surface area contributed by atoms with Crippen LogP contribution in [0.1, 0.15) is 51.9 Å². The summed E-state index contributed by atoms with van der Waals surface area (Å²) in [7, 11) is 0. The van der Waals surface area contributed by atoms with Gasteiger partial charge in [0.25, 0.3) is 5.91 Å². The number of fused-ring (bicyclic) bond motifs is 2. The molecule has 0 radical (unpaired) electrons. The van der Waals surface area contributed by atoms with Gasteiger partial charge in [0, 0.05) is 55.6 Å². The number of amides is 3. The van der Waals surface area contributed by atoms with Crippen molar-refractivity contribution in [3.8, 4) is 0 Å². The highest BCUT2D eigenvalue weighted by molar-refractivity contribution is 6.40. The highest BCUT2D eigenvalue weighted by Crippen LogP contribution is 2.30. The van der Waals surface area contributed by atoms with E-state index in [4.69, 9.17) is 21.1 Å². The molecule has 1 heterocycles. The number of carbonyl (C=O) groups excluding carboxylic acids is 3. The average Bonchev–Trinajstić information content (AvgIpc) is 2.86. The van der Waals surface area contributed by atoms with E-state index in [0.29, 0.717) is 60.8 Å². The van der Waals surface area contributed by atoms with E-state index >= 15 is 0 Å². The Hall–Kier alpha value is -3.63. The molecule has 0 saturated carbocycles. The van der Waals surface area contributed by atoms with E-state index in [1.54, 1.807) is 59.7 Å². The minimum Gasteiger partial charge on any atom is -0.444 e. The summed E-state index contributed by atoms with van der Waals surface area (Å²) in [6.07, 6.45) is -1.01. The minimum atomic E-state index is -0.596. The van der Waals surface area contributed by atoms with Crippen LogP contribution in [-0.4, -0.2) is 78.4 Å². The Kier molecular flexibility index (Phi) is 10.8. The topological polar surface area (TPSA) is 122 Å². The molecule has 0 unspecified atom stereocenters. The predicted octanol–water partition coefficient (Wildman–Crippen LogP) is 5.12. The lowest BCUT2D eigenvalue weighted by Crippen LogP contribution is -2.44. The molecular formula is C30H40ClN5O5. The van der Waals surface area contributed by atoms with Crippen LogP contribution < -0.4 is 16.0 Å². The second kappa shape index (κ2) is 13.8. The molecule has 0 aliphatic rings. The SMILES string of the molecule is CC(C)(C)OC(=O)NCCN(CCNC(=O)OC(C)(C)C)CCNC(=O)c1ccc2nc3ccccc3c(Cl)c2c1. The van der Waals surface area contributed by atoms with Crippen LogP contribution in [0.25, 0.3) is 21.8 Å². The van der Waals surface area contributed by atoms with Crippen LogP contribution in [0, 0.1) is 0 Å². The van der Waals surface area contributed by atoms with Crippen molar-refractivity contribution in [3.05, 3.63) is 53.1 Å². The molecule has 3 rings (SSSR count). The summed E-state index contributed by atoms with van der Waals surface area (Å²) in [5.74, 6) is -0.241. The Morgan fingerprint density at radius 3 is 1.83 bits per heavy atom. The molecule has 0 bridgehead atoms. The number of nitrogens with one attached hydrogen (secondary N) is 3. The predicted molar refractivity (Wildman–Crippen MR) is 162 cm³/mol. The van der Waals surface area contributed by atoms with Crippen molar-refractivity contribution in [2.24, 2.45) is 0 Å². The molecule has 3 aromatic rings. The molecule has 41 heavy (non-hydrogen) atoms. The van der Waals surface area contributed by atoms with E-state index in [1.807, 2.05) is 29.2 Å². The summed E-state index contributed by atoms with van der Waals surface area (Å²) in [5, 5.41) is 10.5. The van der Waals surface area contributed by atoms with Crippen molar-refractivity contribution in [3.63, 3.8) is 0 Å². The number of para-hydroxylation sites is 1. The molecule has 0 saturated heterocycles. The van der Waals surface area contributed by atoms with Gasteiger partial charge in [-0.1, -0.05) is 29.8 Å². The van der Waals surface area contributed by atoms with Crippen molar-refractivity contribution in [1.82, 2.24) is 25.8 Å². The van der Waals surface area contributed by atoms with E-state index in [2.05, 4.69) is 20.9 Å². The zero-order chi connectivity index (χ0) is 30.2. The highest BCUT2D eigenvalue weighted by Gasteiger charge is 2.18. The number of nitrogens with zero attached hydrogens (tertiary/aromatic N) is 2. The lowest BCUT2D eigenvalue weighted by atomic mass is 10.1. The van der Waals surface area contributed by atoms with Gasteiger partial charge in [0.15, 0.2) is 0 Å². The van der Waals surface area contributed by atoms with E-state index in [1.165, 1.54) is 0 Å². The Morgan fingerprint density at radius 2 is 1.27 bits per heavy atom. The first-order chi connectivity index (χ1) is 19.2. The van der Waals surface area contributed by atoms with Crippen molar-refractivity contribution < 1.29 is 23.9 Å². The van der Waals surface area contributed by atoms with Crippen molar-refractivity contribution >= 4 is 51.5 Å². The van der Waals surface area contributed by atoms with Gasteiger partial charge in [-0.15, -0.1) is 0 Å². The van der Waals surface area contributed by atoms with Crippen LogP contribution in [0.4, 0.5) is 9.59 Å². The number of hydrogen-bond donors (Lipinski definition) is 3. The van der Waals surface area contributed by atoms with Crippen LogP contribution >= 0.6 is 11.6 Å². The summed E-state index contributed by atoms with van der Waals surface area (Å²) in [5.41, 5.74) is 0.792. The number of hydrogen-bond acceptors (Lipinski definition) is 7. The van der Waals surface area contributed by atoms with Gasteiger partial charge >= 0.3 is 12.2 Å². The standard InChI is InChI=1S/C30H40ClN5O5/c1-29(2,3)40-27(38)33-14-17-36(18-15-34-28(39)41-30(4,5)6)16-13-32-26(37)20-11-12-24-22(19-20)25(31)21-9-7-8-10-23(21)35-24/h7-12,19H,13-18H2,1-6H3,(H,32,37)(H,33,38)(H,34,39). The average molecular weight is 586 g/mol. The van der Waals surface area contributed by atoms with Crippen LogP contribution in [0.2, 0.25) is 5.02 Å². The molecular weight excluding hydrogens is 546 g/mol. The number of halogens is 1. The molecule has 0 fully saturated rings. The fourth-order valence-corrected chi connectivity index (χ4v) is 4.32. The molecule has 0 aliphatic carbocycles. The van der Waals surface area contributed by atoms with Crippen LogP contribution in [0.5, 0.6) is 0 Å². The van der Waals surface area contributed by atoms with Gasteiger partial charge in [-0.3, -0.25) is 9.69 Å². The number of rotatable bonds is 10. The van der Waals surface area contributed by atoms with Gasteiger partial charge in [0.2, 0.25) is 0 Å². The van der Waals surface area contributed by atoms with Crippen molar-refractivity contribution in [1.29, 1.82) is 0 Å². The fraction of sp³-hybridized carbons (Fsp3) is 0.467. The minimum absolute atomic E-state index is 0.241. The maximum atomic E-state index is 13.0. The first-order valence-corrected chi connectivity index (χ1v) is 14.0. The smallest absolute Gasteiger partial charge is 0.407 e.